The van der Waals surface area contributed by atoms with E-state index in [4.69, 9.17) is 4.74 Å². The second-order valence-corrected chi connectivity index (χ2v) is 9.13. The fraction of sp³-hybridized carbons (Fsp3) is 0.370. The maximum atomic E-state index is 11.5. The maximum absolute atomic E-state index is 11.5. The van der Waals surface area contributed by atoms with Crippen LogP contribution in [0.3, 0.4) is 0 Å². The Hall–Kier alpha value is -2.57. The molecule has 0 amide bonds. The molecular formula is C27H33BrN2O3. The fourth-order valence-electron chi connectivity index (χ4n) is 4.20. The first kappa shape index (κ1) is 25.1. The Morgan fingerprint density at radius 3 is 2.67 bits per heavy atom. The lowest BCUT2D eigenvalue weighted by molar-refractivity contribution is -0.138. The third kappa shape index (κ3) is 7.21. The molecule has 0 aliphatic carbocycles. The zero-order valence-electron chi connectivity index (χ0n) is 19.4. The third-order valence-corrected chi connectivity index (χ3v) is 6.32. The molecular weight excluding hydrogens is 480 g/mol. The summed E-state index contributed by atoms with van der Waals surface area (Å²) < 4.78 is 7.21. The zero-order chi connectivity index (χ0) is 23.6. The predicted molar refractivity (Wildman–Crippen MR) is 136 cm³/mol. The van der Waals surface area contributed by atoms with Crippen LogP contribution in [-0.4, -0.2) is 39.6 Å². The van der Waals surface area contributed by atoms with Crippen molar-refractivity contribution < 1.29 is 14.6 Å². The van der Waals surface area contributed by atoms with Gasteiger partial charge in [0, 0.05) is 28.8 Å². The summed E-state index contributed by atoms with van der Waals surface area (Å²) in [6, 6.07) is 16.2. The second-order valence-electron chi connectivity index (χ2n) is 8.22. The minimum atomic E-state index is -0.762. The highest BCUT2D eigenvalue weighted by molar-refractivity contribution is 9.10. The average Bonchev–Trinajstić information content (AvgIpc) is 2.82. The molecule has 0 spiro atoms. The highest BCUT2D eigenvalue weighted by Gasteiger charge is 2.29. The largest absolute Gasteiger partial charge is 0.489 e. The number of carbonyl (C=O) groups is 1. The number of rotatable bonds is 12. The monoisotopic (exact) mass is 512 g/mol. The van der Waals surface area contributed by atoms with E-state index in [-0.39, 0.29) is 18.6 Å². The summed E-state index contributed by atoms with van der Waals surface area (Å²) in [5, 5.41) is 9.47. The van der Waals surface area contributed by atoms with Gasteiger partial charge in [-0.2, -0.15) is 0 Å². The Kier molecular flexibility index (Phi) is 9.58. The Bertz CT molecular complexity index is 961. The van der Waals surface area contributed by atoms with Gasteiger partial charge in [-0.25, -0.2) is 0 Å². The number of nitrogens with zero attached hydrogens (tertiary/aromatic N) is 2. The number of hydrogen-bond acceptors (Lipinski definition) is 4. The van der Waals surface area contributed by atoms with E-state index in [9.17, 15) is 9.90 Å². The lowest BCUT2D eigenvalue weighted by Gasteiger charge is -2.42. The summed E-state index contributed by atoms with van der Waals surface area (Å²) in [7, 11) is 0. The van der Waals surface area contributed by atoms with Crippen LogP contribution < -0.4 is 4.74 Å². The molecule has 1 N–H and O–H groups in total. The number of allylic oxidation sites excluding steroid dienone is 2. The van der Waals surface area contributed by atoms with Gasteiger partial charge in [0.25, 0.3) is 0 Å². The molecule has 2 atom stereocenters. The summed E-state index contributed by atoms with van der Waals surface area (Å²) >= 11 is 3.61. The molecule has 0 radical (unpaired) electrons. The van der Waals surface area contributed by atoms with Crippen molar-refractivity contribution in [2.45, 2.75) is 58.5 Å². The Balaban J connectivity index is 1.81. The van der Waals surface area contributed by atoms with Crippen molar-refractivity contribution in [1.29, 1.82) is 0 Å². The van der Waals surface area contributed by atoms with Crippen molar-refractivity contribution in [1.82, 2.24) is 9.80 Å². The van der Waals surface area contributed by atoms with E-state index >= 15 is 0 Å². The Labute approximate surface area is 205 Å². The van der Waals surface area contributed by atoms with Crippen LogP contribution in [0.15, 0.2) is 77.4 Å². The Morgan fingerprint density at radius 1 is 1.18 bits per heavy atom. The molecule has 0 bridgehead atoms. The lowest BCUT2D eigenvalue weighted by Crippen LogP contribution is -2.50. The van der Waals surface area contributed by atoms with E-state index in [0.29, 0.717) is 13.2 Å². The smallest absolute Gasteiger partial charge is 0.305 e. The van der Waals surface area contributed by atoms with Gasteiger partial charge in [-0.1, -0.05) is 72.6 Å². The van der Waals surface area contributed by atoms with Crippen LogP contribution in [0.25, 0.3) is 0 Å². The molecule has 0 saturated carbocycles. The van der Waals surface area contributed by atoms with Crippen molar-refractivity contribution in [3.8, 4) is 5.75 Å². The average molecular weight is 513 g/mol. The fourth-order valence-corrected chi connectivity index (χ4v) is 4.61. The Morgan fingerprint density at radius 2 is 1.97 bits per heavy atom. The van der Waals surface area contributed by atoms with Gasteiger partial charge in [0.1, 0.15) is 18.5 Å². The normalized spacial score (nSPS) is 16.2. The minimum Gasteiger partial charge on any atom is -0.489 e. The quantitative estimate of drug-likeness (QED) is 0.366. The van der Waals surface area contributed by atoms with Gasteiger partial charge in [-0.3, -0.25) is 9.69 Å². The highest BCUT2D eigenvalue weighted by Crippen LogP contribution is 2.28. The molecule has 3 rings (SSSR count). The molecule has 1 heterocycles. The van der Waals surface area contributed by atoms with Gasteiger partial charge in [0.2, 0.25) is 0 Å². The van der Waals surface area contributed by atoms with Gasteiger partial charge in [-0.05, 0) is 48.9 Å². The summed E-state index contributed by atoms with van der Waals surface area (Å²) in [6.45, 7) is 6.25. The molecule has 0 saturated heterocycles. The number of halogens is 1. The molecule has 0 aromatic heterocycles. The summed E-state index contributed by atoms with van der Waals surface area (Å²) in [6.07, 6.45) is 10.1. The lowest BCUT2D eigenvalue weighted by atomic mass is 10.0. The van der Waals surface area contributed by atoms with Gasteiger partial charge in [0.15, 0.2) is 0 Å². The van der Waals surface area contributed by atoms with Crippen LogP contribution in [0.5, 0.6) is 5.75 Å². The van der Waals surface area contributed by atoms with E-state index < -0.39 is 5.97 Å². The molecule has 2 aromatic rings. The molecule has 2 unspecified atom stereocenters. The molecule has 1 aliphatic heterocycles. The summed E-state index contributed by atoms with van der Waals surface area (Å²) in [5.74, 6) is 0.0971. The van der Waals surface area contributed by atoms with Gasteiger partial charge in [0.05, 0.1) is 6.42 Å². The van der Waals surface area contributed by atoms with Crippen molar-refractivity contribution in [2.24, 2.45) is 0 Å². The summed E-state index contributed by atoms with van der Waals surface area (Å²) in [4.78, 5) is 16.1. The van der Waals surface area contributed by atoms with Crippen LogP contribution in [0.1, 0.15) is 44.2 Å². The number of ether oxygens (including phenoxy) is 1. The number of aliphatic carboxylic acids is 1. The molecule has 1 aliphatic rings. The zero-order valence-corrected chi connectivity index (χ0v) is 20.9. The second kappa shape index (κ2) is 12.6. The molecule has 2 aromatic carbocycles. The molecule has 0 fully saturated rings. The predicted octanol–water partition coefficient (Wildman–Crippen LogP) is 6.21. The number of carboxylic acid groups (broad SMARTS) is 1. The van der Waals surface area contributed by atoms with E-state index in [2.05, 4.69) is 63.9 Å². The standard InChI is InChI=1S/C27H33BrN2O3/c1-3-10-24(18-27(31)32)30-16-9-8-13-26(30)29(4-2)19-22-17-23(28)14-15-25(22)33-20-21-11-6-5-7-12-21/h5-9,11-17,24,26H,3-4,10,18-20H2,1-2H3,(H,31,32). The van der Waals surface area contributed by atoms with Crippen LogP contribution >= 0.6 is 15.9 Å². The summed E-state index contributed by atoms with van der Waals surface area (Å²) in [5.41, 5.74) is 2.22. The van der Waals surface area contributed by atoms with Crippen molar-refractivity contribution in [3.63, 3.8) is 0 Å². The van der Waals surface area contributed by atoms with Crippen molar-refractivity contribution in [3.05, 3.63) is 88.6 Å². The highest BCUT2D eigenvalue weighted by atomic mass is 79.9. The van der Waals surface area contributed by atoms with E-state index in [1.54, 1.807) is 0 Å². The molecule has 5 nitrogen and oxygen atoms in total. The minimum absolute atomic E-state index is 0.0168. The van der Waals surface area contributed by atoms with Crippen LogP contribution in [0, 0.1) is 0 Å². The first-order chi connectivity index (χ1) is 16.0. The van der Waals surface area contributed by atoms with Gasteiger partial charge >= 0.3 is 5.97 Å². The van der Waals surface area contributed by atoms with Crippen LogP contribution in [-0.2, 0) is 17.9 Å². The first-order valence-electron chi connectivity index (χ1n) is 11.5. The van der Waals surface area contributed by atoms with Gasteiger partial charge in [-0.15, -0.1) is 0 Å². The SMILES string of the molecule is CCCC(CC(=O)O)N1C=CC=CC1N(CC)Cc1cc(Br)ccc1OCc1ccccc1. The van der Waals surface area contributed by atoms with E-state index in [0.717, 1.165) is 40.7 Å². The molecule has 33 heavy (non-hydrogen) atoms. The number of hydrogen-bond donors (Lipinski definition) is 1. The first-order valence-corrected chi connectivity index (χ1v) is 12.3. The van der Waals surface area contributed by atoms with E-state index in [1.807, 2.05) is 48.7 Å². The molecule has 6 heteroatoms. The topological polar surface area (TPSA) is 53.0 Å². The maximum Gasteiger partial charge on any atom is 0.305 e. The van der Waals surface area contributed by atoms with Crippen molar-refractivity contribution >= 4 is 21.9 Å². The van der Waals surface area contributed by atoms with Crippen LogP contribution in [0.4, 0.5) is 0 Å². The van der Waals surface area contributed by atoms with Gasteiger partial charge < -0.3 is 14.7 Å². The molecule has 176 valence electrons. The number of likely N-dealkylation sites (N-methyl/N-ethyl adjacent to an activating group) is 1. The van der Waals surface area contributed by atoms with Crippen molar-refractivity contribution in [2.75, 3.05) is 6.54 Å². The number of benzene rings is 2. The third-order valence-electron chi connectivity index (χ3n) is 5.83. The van der Waals surface area contributed by atoms with E-state index in [1.165, 1.54) is 0 Å². The number of carboxylic acids is 1. The van der Waals surface area contributed by atoms with Crippen LogP contribution in [0.2, 0.25) is 0 Å².